The van der Waals surface area contributed by atoms with Crippen molar-refractivity contribution < 1.29 is 49.0 Å². The molecule has 0 bridgehead atoms. The van der Waals surface area contributed by atoms with Gasteiger partial charge in [0.05, 0.1) is 30.3 Å². The van der Waals surface area contributed by atoms with E-state index < -0.39 is 60.0 Å². The van der Waals surface area contributed by atoms with Crippen molar-refractivity contribution in [1.82, 2.24) is 4.90 Å². The zero-order valence-electron chi connectivity index (χ0n) is 19.1. The van der Waals surface area contributed by atoms with Gasteiger partial charge >= 0.3 is 24.6 Å². The van der Waals surface area contributed by atoms with Crippen molar-refractivity contribution in [2.75, 3.05) is 7.11 Å². The number of ether oxygens (including phenoxy) is 1. The summed E-state index contributed by atoms with van der Waals surface area (Å²) < 4.78 is 125. The first-order valence-electron chi connectivity index (χ1n) is 10.4. The van der Waals surface area contributed by atoms with Gasteiger partial charge in [0.25, 0.3) is 0 Å². The van der Waals surface area contributed by atoms with E-state index in [-0.39, 0.29) is 11.6 Å². The molecule has 1 aromatic heterocycles. The van der Waals surface area contributed by atoms with Gasteiger partial charge in [-0.1, -0.05) is 6.07 Å². The molecule has 0 N–H and O–H groups in total. The smallest absolute Gasteiger partial charge is 0.416 e. The van der Waals surface area contributed by atoms with Crippen LogP contribution in [0.4, 0.5) is 44.3 Å². The second-order valence-corrected chi connectivity index (χ2v) is 8.96. The van der Waals surface area contributed by atoms with Crippen LogP contribution in [0.2, 0.25) is 0 Å². The predicted molar refractivity (Wildman–Crippen MR) is 118 cm³/mol. The molecule has 37 heavy (non-hydrogen) atoms. The Hall–Kier alpha value is -3.22. The minimum atomic E-state index is -5.11. The molecule has 3 rings (SSSR count). The lowest BCUT2D eigenvalue weighted by Gasteiger charge is -2.24. The van der Waals surface area contributed by atoms with E-state index in [1.807, 2.05) is 0 Å². The number of hydrogen-bond donors (Lipinski definition) is 0. The number of nitrogens with zero attached hydrogens (tertiary/aromatic N) is 1. The summed E-state index contributed by atoms with van der Waals surface area (Å²) in [7, 11) is 0.930. The maximum Gasteiger partial charge on any atom is 0.416 e. The van der Waals surface area contributed by atoms with Crippen molar-refractivity contribution in [3.05, 3.63) is 81.2 Å². The Morgan fingerprint density at radius 2 is 1.38 bits per heavy atom. The highest BCUT2D eigenvalue weighted by molar-refractivity contribution is 7.13. The van der Waals surface area contributed by atoms with Crippen molar-refractivity contribution in [2.45, 2.75) is 38.5 Å². The second-order valence-electron chi connectivity index (χ2n) is 8.04. The molecule has 13 heteroatoms. The number of carbonyl (C=O) groups excluding carboxylic acids is 1. The minimum absolute atomic E-state index is 0.0196. The van der Waals surface area contributed by atoms with E-state index in [2.05, 4.69) is 4.74 Å². The molecule has 3 aromatic rings. The van der Waals surface area contributed by atoms with Crippen molar-refractivity contribution in [2.24, 2.45) is 0 Å². The summed E-state index contributed by atoms with van der Waals surface area (Å²) in [6.45, 7) is 0.340. The van der Waals surface area contributed by atoms with Gasteiger partial charge in [-0.2, -0.15) is 39.5 Å². The molecule has 3 nitrogen and oxygen atoms in total. The van der Waals surface area contributed by atoms with Crippen LogP contribution in [-0.2, 0) is 36.4 Å². The molecule has 0 saturated carbocycles. The number of alkyl halides is 9. The maximum absolute atomic E-state index is 13.4. The van der Waals surface area contributed by atoms with Gasteiger partial charge in [-0.3, -0.25) is 4.90 Å². The second kappa shape index (κ2) is 10.3. The number of rotatable bonds is 5. The molecule has 0 atom stereocenters. The van der Waals surface area contributed by atoms with E-state index in [0.29, 0.717) is 22.6 Å². The van der Waals surface area contributed by atoms with Crippen molar-refractivity contribution >= 4 is 17.4 Å². The molecule has 0 fully saturated rings. The van der Waals surface area contributed by atoms with Crippen LogP contribution in [0.15, 0.2) is 47.8 Å². The van der Waals surface area contributed by atoms with Gasteiger partial charge in [0.2, 0.25) is 0 Å². The molecule has 0 aliphatic rings. The van der Waals surface area contributed by atoms with E-state index in [9.17, 15) is 44.3 Å². The summed E-state index contributed by atoms with van der Waals surface area (Å²) in [6.07, 6.45) is -16.1. The summed E-state index contributed by atoms with van der Waals surface area (Å²) >= 11 is 1.22. The fourth-order valence-corrected chi connectivity index (χ4v) is 4.61. The van der Waals surface area contributed by atoms with Crippen molar-refractivity contribution in [1.29, 1.82) is 0 Å². The fourth-order valence-electron chi connectivity index (χ4n) is 3.62. The molecule has 0 aliphatic heterocycles. The third-order valence-electron chi connectivity index (χ3n) is 5.35. The summed E-state index contributed by atoms with van der Waals surface area (Å²) in [5, 5.41) is 1.70. The number of halogens is 9. The normalized spacial score (nSPS) is 12.5. The molecule has 1 heterocycles. The summed E-state index contributed by atoms with van der Waals surface area (Å²) in [6, 6.07) is 5.40. The van der Waals surface area contributed by atoms with E-state index >= 15 is 0 Å². The number of aryl methyl sites for hydroxylation is 1. The fraction of sp³-hybridized carbons (Fsp3) is 0.292. The zero-order valence-corrected chi connectivity index (χ0v) is 19.9. The molecule has 2 aromatic carbocycles. The monoisotopic (exact) mass is 555 g/mol. The van der Waals surface area contributed by atoms with Crippen LogP contribution in [0.25, 0.3) is 10.4 Å². The molecule has 1 amide bonds. The Labute approximate surface area is 209 Å². The first kappa shape index (κ1) is 28.4. The van der Waals surface area contributed by atoms with E-state index in [1.165, 1.54) is 17.4 Å². The average Bonchev–Trinajstić information content (AvgIpc) is 3.21. The standard InChI is InChI=1S/C24H18F9NO2S/c1-13-5-6-37-20(13)19-4-3-16(22(25,26)27)9-15(19)12-34(21(35)36-2)11-14-7-17(23(28,29)30)10-18(8-14)24(31,32)33/h3-10H,11-12H2,1-2H3. The lowest BCUT2D eigenvalue weighted by atomic mass is 9.99. The zero-order chi connectivity index (χ0) is 27.8. The van der Waals surface area contributed by atoms with Crippen LogP contribution in [0.1, 0.15) is 33.4 Å². The van der Waals surface area contributed by atoms with Gasteiger partial charge in [0.1, 0.15) is 0 Å². The first-order valence-corrected chi connectivity index (χ1v) is 11.2. The van der Waals surface area contributed by atoms with Crippen molar-refractivity contribution in [3.8, 4) is 10.4 Å². The average molecular weight is 555 g/mol. The molecular weight excluding hydrogens is 537 g/mol. The lowest BCUT2D eigenvalue weighted by molar-refractivity contribution is -0.143. The lowest BCUT2D eigenvalue weighted by Crippen LogP contribution is -2.30. The highest BCUT2D eigenvalue weighted by atomic mass is 32.1. The summed E-state index contributed by atoms with van der Waals surface area (Å²) in [4.78, 5) is 13.8. The molecular formula is C24H18F9NO2S. The van der Waals surface area contributed by atoms with Crippen LogP contribution >= 0.6 is 11.3 Å². The topological polar surface area (TPSA) is 29.5 Å². The Bertz CT molecular complexity index is 1240. The maximum atomic E-state index is 13.4. The van der Waals surface area contributed by atoms with Crippen LogP contribution in [0.5, 0.6) is 0 Å². The Kier molecular flexibility index (Phi) is 7.87. The Morgan fingerprint density at radius 3 is 1.84 bits per heavy atom. The predicted octanol–water partition coefficient (Wildman–Crippen LogP) is 8.55. The van der Waals surface area contributed by atoms with Gasteiger partial charge in [-0.15, -0.1) is 11.3 Å². The number of benzene rings is 2. The number of amides is 1. The van der Waals surface area contributed by atoms with E-state index in [4.69, 9.17) is 0 Å². The van der Waals surface area contributed by atoms with Crippen LogP contribution in [0.3, 0.4) is 0 Å². The number of hydrogen-bond acceptors (Lipinski definition) is 3. The van der Waals surface area contributed by atoms with Crippen LogP contribution in [-0.4, -0.2) is 18.1 Å². The first-order chi connectivity index (χ1) is 17.0. The van der Waals surface area contributed by atoms with E-state index in [1.54, 1.807) is 18.4 Å². The number of carbonyl (C=O) groups is 1. The highest BCUT2D eigenvalue weighted by Crippen LogP contribution is 2.39. The highest BCUT2D eigenvalue weighted by Gasteiger charge is 2.37. The minimum Gasteiger partial charge on any atom is -0.453 e. The van der Waals surface area contributed by atoms with Gasteiger partial charge < -0.3 is 4.74 Å². The molecule has 0 unspecified atom stereocenters. The van der Waals surface area contributed by atoms with Gasteiger partial charge in [0, 0.05) is 11.4 Å². The van der Waals surface area contributed by atoms with Gasteiger partial charge in [-0.05, 0) is 71.0 Å². The van der Waals surface area contributed by atoms with Crippen LogP contribution < -0.4 is 0 Å². The molecule has 0 spiro atoms. The largest absolute Gasteiger partial charge is 0.453 e. The molecule has 0 aliphatic carbocycles. The molecule has 0 radical (unpaired) electrons. The third kappa shape index (κ3) is 6.76. The SMILES string of the molecule is COC(=O)N(Cc1cc(C(F)(F)F)cc(C(F)(F)F)c1)Cc1cc(C(F)(F)F)ccc1-c1sccc1C. The Morgan fingerprint density at radius 1 is 0.811 bits per heavy atom. The third-order valence-corrected chi connectivity index (χ3v) is 6.40. The molecule has 200 valence electrons. The number of thiophene rings is 1. The summed E-state index contributed by atoms with van der Waals surface area (Å²) in [5.41, 5.74) is -3.71. The van der Waals surface area contributed by atoms with E-state index in [0.717, 1.165) is 29.7 Å². The van der Waals surface area contributed by atoms with Crippen LogP contribution in [0, 0.1) is 6.92 Å². The summed E-state index contributed by atoms with van der Waals surface area (Å²) in [5.74, 6) is 0. The van der Waals surface area contributed by atoms with Gasteiger partial charge in [0.15, 0.2) is 0 Å². The number of methoxy groups -OCH3 is 1. The quantitative estimate of drug-likeness (QED) is 0.295. The molecule has 0 saturated heterocycles. The van der Waals surface area contributed by atoms with Crippen molar-refractivity contribution in [3.63, 3.8) is 0 Å². The Balaban J connectivity index is 2.10. The van der Waals surface area contributed by atoms with Gasteiger partial charge in [-0.25, -0.2) is 4.79 Å².